The highest BCUT2D eigenvalue weighted by atomic mass is 35.5. The fourth-order valence-electron chi connectivity index (χ4n) is 2.34. The molecule has 1 aromatic heterocycles. The highest BCUT2D eigenvalue weighted by Crippen LogP contribution is 2.28. The number of aromatic nitrogens is 2. The number of rotatable bonds is 3. The van der Waals surface area contributed by atoms with Gasteiger partial charge in [0.15, 0.2) is 5.82 Å². The molecular formula is C16H16ClN3O. The lowest BCUT2D eigenvalue weighted by Gasteiger charge is -2.06. The molecule has 0 radical (unpaired) electrons. The molecule has 0 amide bonds. The SMILES string of the molecule is CC(O)c1ccc2c(c1)c(Nc1cccc(Cl)c1)nn2C. The maximum atomic E-state index is 9.74. The molecule has 0 saturated carbocycles. The van der Waals surface area contributed by atoms with Gasteiger partial charge < -0.3 is 10.4 Å². The second-order valence-electron chi connectivity index (χ2n) is 5.06. The minimum absolute atomic E-state index is 0.506. The maximum Gasteiger partial charge on any atom is 0.160 e. The summed E-state index contributed by atoms with van der Waals surface area (Å²) in [4.78, 5) is 0. The molecule has 0 aliphatic carbocycles. The van der Waals surface area contributed by atoms with Crippen molar-refractivity contribution >= 4 is 34.0 Å². The summed E-state index contributed by atoms with van der Waals surface area (Å²) in [5, 5.41) is 19.2. The zero-order valence-electron chi connectivity index (χ0n) is 11.8. The van der Waals surface area contributed by atoms with E-state index in [1.807, 2.05) is 54.2 Å². The van der Waals surface area contributed by atoms with E-state index in [1.54, 1.807) is 6.92 Å². The lowest BCUT2D eigenvalue weighted by atomic mass is 10.1. The Balaban J connectivity index is 2.07. The predicted molar refractivity (Wildman–Crippen MR) is 86.1 cm³/mol. The summed E-state index contributed by atoms with van der Waals surface area (Å²) in [5.74, 6) is 0.747. The average Bonchev–Trinajstić information content (AvgIpc) is 2.75. The first-order chi connectivity index (χ1) is 10.0. The zero-order chi connectivity index (χ0) is 15.0. The maximum absolute atomic E-state index is 9.74. The average molecular weight is 302 g/mol. The Morgan fingerprint density at radius 1 is 1.24 bits per heavy atom. The molecule has 21 heavy (non-hydrogen) atoms. The fourth-order valence-corrected chi connectivity index (χ4v) is 2.53. The number of aliphatic hydroxyl groups is 1. The van der Waals surface area contributed by atoms with Crippen LogP contribution in [0.3, 0.4) is 0 Å². The number of aliphatic hydroxyl groups excluding tert-OH is 1. The van der Waals surface area contributed by atoms with Crippen LogP contribution in [0.15, 0.2) is 42.5 Å². The van der Waals surface area contributed by atoms with Crippen molar-refractivity contribution in [1.82, 2.24) is 9.78 Å². The van der Waals surface area contributed by atoms with Crippen LogP contribution in [0.2, 0.25) is 5.02 Å². The van der Waals surface area contributed by atoms with Crippen molar-refractivity contribution in [3.05, 3.63) is 53.1 Å². The molecule has 1 heterocycles. The van der Waals surface area contributed by atoms with Crippen molar-refractivity contribution in [2.75, 3.05) is 5.32 Å². The Morgan fingerprint density at radius 3 is 2.76 bits per heavy atom. The van der Waals surface area contributed by atoms with Crippen molar-refractivity contribution < 1.29 is 5.11 Å². The molecule has 3 aromatic rings. The monoisotopic (exact) mass is 301 g/mol. The van der Waals surface area contributed by atoms with Gasteiger partial charge in [-0.1, -0.05) is 23.7 Å². The summed E-state index contributed by atoms with van der Waals surface area (Å²) in [6, 6.07) is 13.3. The lowest BCUT2D eigenvalue weighted by molar-refractivity contribution is 0.199. The van der Waals surface area contributed by atoms with Gasteiger partial charge in [-0.25, -0.2) is 0 Å². The Hall–Kier alpha value is -2.04. The van der Waals surface area contributed by atoms with Gasteiger partial charge in [-0.05, 0) is 42.8 Å². The van der Waals surface area contributed by atoms with Gasteiger partial charge in [0, 0.05) is 23.1 Å². The van der Waals surface area contributed by atoms with Crippen LogP contribution in [0, 0.1) is 0 Å². The first-order valence-corrected chi connectivity index (χ1v) is 7.09. The van der Waals surface area contributed by atoms with Crippen LogP contribution in [0.25, 0.3) is 10.9 Å². The van der Waals surface area contributed by atoms with Crippen LogP contribution in [0.4, 0.5) is 11.5 Å². The summed E-state index contributed by atoms with van der Waals surface area (Å²) in [6.45, 7) is 1.75. The number of nitrogens with zero attached hydrogens (tertiary/aromatic N) is 2. The Bertz CT molecular complexity index is 795. The summed E-state index contributed by atoms with van der Waals surface area (Å²) in [5.41, 5.74) is 2.75. The first-order valence-electron chi connectivity index (χ1n) is 6.72. The Labute approximate surface area is 128 Å². The molecule has 0 aliphatic heterocycles. The standard InChI is InChI=1S/C16H16ClN3O/c1-10(21)11-6-7-15-14(8-11)16(19-20(15)2)18-13-5-3-4-12(17)9-13/h3-10,21H,1-2H3,(H,18,19). The number of halogens is 1. The third kappa shape index (κ3) is 2.73. The van der Waals surface area contributed by atoms with E-state index in [4.69, 9.17) is 11.6 Å². The molecule has 0 bridgehead atoms. The summed E-state index contributed by atoms with van der Waals surface area (Å²) in [7, 11) is 1.90. The van der Waals surface area contributed by atoms with E-state index in [1.165, 1.54) is 0 Å². The highest BCUT2D eigenvalue weighted by Gasteiger charge is 2.11. The van der Waals surface area contributed by atoms with Crippen molar-refractivity contribution in [2.24, 2.45) is 7.05 Å². The second-order valence-corrected chi connectivity index (χ2v) is 5.50. The fraction of sp³-hybridized carbons (Fsp3) is 0.188. The molecule has 1 unspecified atom stereocenters. The van der Waals surface area contributed by atoms with Gasteiger partial charge in [0.2, 0.25) is 0 Å². The third-order valence-corrected chi connectivity index (χ3v) is 3.68. The molecule has 0 aliphatic rings. The van der Waals surface area contributed by atoms with Gasteiger partial charge in [0.25, 0.3) is 0 Å². The van der Waals surface area contributed by atoms with Crippen LogP contribution in [-0.2, 0) is 7.05 Å². The van der Waals surface area contributed by atoms with Crippen LogP contribution >= 0.6 is 11.6 Å². The molecule has 3 rings (SSSR count). The van der Waals surface area contributed by atoms with E-state index in [0.717, 1.165) is 28.0 Å². The van der Waals surface area contributed by atoms with Gasteiger partial charge in [0.05, 0.1) is 11.6 Å². The number of aryl methyl sites for hydroxylation is 1. The third-order valence-electron chi connectivity index (χ3n) is 3.44. The van der Waals surface area contributed by atoms with Crippen LogP contribution in [0.5, 0.6) is 0 Å². The topological polar surface area (TPSA) is 50.1 Å². The number of anilines is 2. The van der Waals surface area contributed by atoms with E-state index < -0.39 is 6.10 Å². The first kappa shape index (κ1) is 13.9. The molecule has 4 nitrogen and oxygen atoms in total. The number of benzene rings is 2. The van der Waals surface area contributed by atoms with Crippen molar-refractivity contribution in [1.29, 1.82) is 0 Å². The second kappa shape index (κ2) is 5.39. The van der Waals surface area contributed by atoms with Crippen molar-refractivity contribution in [2.45, 2.75) is 13.0 Å². The van der Waals surface area contributed by atoms with Gasteiger partial charge in [0.1, 0.15) is 0 Å². The van der Waals surface area contributed by atoms with Gasteiger partial charge in [-0.2, -0.15) is 5.10 Å². The van der Waals surface area contributed by atoms with E-state index in [0.29, 0.717) is 5.02 Å². The molecule has 2 aromatic carbocycles. The van der Waals surface area contributed by atoms with Gasteiger partial charge in [-0.15, -0.1) is 0 Å². The summed E-state index contributed by atoms with van der Waals surface area (Å²) < 4.78 is 1.81. The van der Waals surface area contributed by atoms with Crippen LogP contribution in [0.1, 0.15) is 18.6 Å². The molecule has 0 fully saturated rings. The van der Waals surface area contributed by atoms with Crippen LogP contribution in [-0.4, -0.2) is 14.9 Å². The predicted octanol–water partition coefficient (Wildman–Crippen LogP) is 4.02. The van der Waals surface area contributed by atoms with E-state index in [2.05, 4.69) is 10.4 Å². The van der Waals surface area contributed by atoms with Gasteiger partial charge >= 0.3 is 0 Å². The number of hydrogen-bond acceptors (Lipinski definition) is 3. The molecule has 108 valence electrons. The smallest absolute Gasteiger partial charge is 0.160 e. The van der Waals surface area contributed by atoms with Gasteiger partial charge in [-0.3, -0.25) is 4.68 Å². The molecular weight excluding hydrogens is 286 g/mol. The summed E-state index contributed by atoms with van der Waals surface area (Å²) >= 11 is 6.00. The molecule has 1 atom stereocenters. The quantitative estimate of drug-likeness (QED) is 0.768. The van der Waals surface area contributed by atoms with Crippen LogP contribution < -0.4 is 5.32 Å². The molecule has 5 heteroatoms. The lowest BCUT2D eigenvalue weighted by Crippen LogP contribution is -1.93. The molecule has 0 spiro atoms. The minimum Gasteiger partial charge on any atom is -0.389 e. The largest absolute Gasteiger partial charge is 0.389 e. The van der Waals surface area contributed by atoms with E-state index >= 15 is 0 Å². The minimum atomic E-state index is -0.506. The van der Waals surface area contributed by atoms with Crippen molar-refractivity contribution in [3.63, 3.8) is 0 Å². The Morgan fingerprint density at radius 2 is 2.05 bits per heavy atom. The molecule has 2 N–H and O–H groups in total. The molecule has 0 saturated heterocycles. The van der Waals surface area contributed by atoms with E-state index in [-0.39, 0.29) is 0 Å². The number of nitrogens with one attached hydrogen (secondary N) is 1. The highest BCUT2D eigenvalue weighted by molar-refractivity contribution is 6.30. The summed E-state index contributed by atoms with van der Waals surface area (Å²) in [6.07, 6.45) is -0.506. The number of hydrogen-bond donors (Lipinski definition) is 2. The van der Waals surface area contributed by atoms with E-state index in [9.17, 15) is 5.11 Å². The number of fused-ring (bicyclic) bond motifs is 1. The van der Waals surface area contributed by atoms with Crippen molar-refractivity contribution in [3.8, 4) is 0 Å². The Kier molecular flexibility index (Phi) is 3.57. The zero-order valence-corrected chi connectivity index (χ0v) is 12.6. The normalized spacial score (nSPS) is 12.6.